The van der Waals surface area contributed by atoms with Crippen molar-refractivity contribution < 1.29 is 23.4 Å². The van der Waals surface area contributed by atoms with E-state index in [9.17, 15) is 23.4 Å². The quantitative estimate of drug-likeness (QED) is 0.410. The maximum absolute atomic E-state index is 13.2. The van der Waals surface area contributed by atoms with Crippen LogP contribution < -0.4 is 0 Å². The lowest BCUT2D eigenvalue weighted by molar-refractivity contribution is -0.256. The van der Waals surface area contributed by atoms with Crippen LogP contribution in [0.5, 0.6) is 0 Å². The number of halogens is 3. The molecule has 4 aliphatic rings. The zero-order valence-corrected chi connectivity index (χ0v) is 21.3. The Bertz CT molecular complexity index is 774. The molecule has 3 saturated carbocycles. The predicted octanol–water partition coefficient (Wildman–Crippen LogP) is 7.44. The Morgan fingerprint density at radius 1 is 1.09 bits per heavy atom. The van der Waals surface area contributed by atoms with Gasteiger partial charge in [-0.3, -0.25) is 0 Å². The summed E-state index contributed by atoms with van der Waals surface area (Å²) in [6.07, 6.45) is 7.42. The fourth-order valence-corrected chi connectivity index (χ4v) is 8.84. The van der Waals surface area contributed by atoms with Gasteiger partial charge < -0.3 is 10.2 Å². The highest BCUT2D eigenvalue weighted by Gasteiger charge is 2.60. The Labute approximate surface area is 198 Å². The average Bonchev–Trinajstić information content (AvgIpc) is 3.09. The molecule has 3 fully saturated rings. The second-order valence-corrected chi connectivity index (χ2v) is 13.0. The van der Waals surface area contributed by atoms with Gasteiger partial charge in [-0.15, -0.1) is 0 Å². The first kappa shape index (κ1) is 25.5. The number of allylic oxidation sites excluding steroid dienone is 1. The largest absolute Gasteiger partial charge is 0.416 e. The van der Waals surface area contributed by atoms with Crippen LogP contribution in [0.25, 0.3) is 0 Å². The van der Waals surface area contributed by atoms with Crippen LogP contribution in [-0.2, 0) is 0 Å². The molecule has 33 heavy (non-hydrogen) atoms. The van der Waals surface area contributed by atoms with E-state index in [1.807, 2.05) is 0 Å². The lowest BCUT2D eigenvalue weighted by atomic mass is 9.46. The number of hydrogen-bond donors (Lipinski definition) is 2. The van der Waals surface area contributed by atoms with Crippen LogP contribution in [0.15, 0.2) is 11.6 Å². The molecular formula is C28H45F3O2. The predicted molar refractivity (Wildman–Crippen MR) is 126 cm³/mol. The highest BCUT2D eigenvalue weighted by Crippen LogP contribution is 2.68. The van der Waals surface area contributed by atoms with Crippen molar-refractivity contribution in [2.75, 3.05) is 0 Å². The van der Waals surface area contributed by atoms with Gasteiger partial charge in [-0.1, -0.05) is 39.3 Å². The van der Waals surface area contributed by atoms with Gasteiger partial charge in [-0.25, -0.2) is 0 Å². The van der Waals surface area contributed by atoms with E-state index >= 15 is 0 Å². The van der Waals surface area contributed by atoms with Gasteiger partial charge >= 0.3 is 6.18 Å². The van der Waals surface area contributed by atoms with Gasteiger partial charge in [-0.05, 0) is 118 Å². The van der Waals surface area contributed by atoms with Crippen molar-refractivity contribution in [1.29, 1.82) is 0 Å². The Balaban J connectivity index is 1.49. The molecule has 0 saturated heterocycles. The summed E-state index contributed by atoms with van der Waals surface area (Å²) in [6.45, 7) is 9.99. The summed E-state index contributed by atoms with van der Waals surface area (Å²) in [5.74, 6) is 2.57. The third-order valence-corrected chi connectivity index (χ3v) is 11.4. The van der Waals surface area contributed by atoms with Crippen LogP contribution in [0.1, 0.15) is 105 Å². The van der Waals surface area contributed by atoms with Crippen molar-refractivity contribution in [2.24, 2.45) is 40.4 Å². The third kappa shape index (κ3) is 4.11. The summed E-state index contributed by atoms with van der Waals surface area (Å²) in [5.41, 5.74) is -1.27. The normalized spacial score (nSPS) is 45.9. The van der Waals surface area contributed by atoms with Crippen molar-refractivity contribution in [2.45, 2.75) is 123 Å². The van der Waals surface area contributed by atoms with Crippen molar-refractivity contribution in [3.8, 4) is 0 Å². The lowest BCUT2D eigenvalue weighted by Gasteiger charge is -2.59. The SMILES string of the molecule is CC[C@]1(O)CC[C@@]2(C)C(=CC[C@H]3[C@@H]4CC[C@H]([C@H](C)CC[C@@](C)(O)C(F)(F)F)[C@@]4(C)CC[C@@H]32)C1. The van der Waals surface area contributed by atoms with E-state index in [4.69, 9.17) is 0 Å². The van der Waals surface area contributed by atoms with Crippen LogP contribution >= 0.6 is 0 Å². The Kier molecular flexibility index (Phi) is 6.39. The second kappa shape index (κ2) is 8.25. The highest BCUT2D eigenvalue weighted by atomic mass is 19.4. The van der Waals surface area contributed by atoms with Crippen LogP contribution in [0.3, 0.4) is 0 Å². The molecule has 0 radical (unpaired) electrons. The van der Waals surface area contributed by atoms with Crippen LogP contribution in [-0.4, -0.2) is 27.6 Å². The average molecular weight is 471 g/mol. The standard InChI is InChI=1S/C28H45F3O2/c1-6-27(33)16-15-24(3)19(17-27)7-8-20-22-10-9-21(25(22,4)13-12-23(20)24)18(2)11-14-26(5,32)28(29,30)31/h7,18,20-23,32-33H,6,8-17H2,1-5H3/t18-,20+,21-,22+,23+,24+,25-,26-,27+/m1/s1. The summed E-state index contributed by atoms with van der Waals surface area (Å²) in [7, 11) is 0. The van der Waals surface area contributed by atoms with E-state index in [1.54, 1.807) is 0 Å². The smallest absolute Gasteiger partial charge is 0.390 e. The van der Waals surface area contributed by atoms with Gasteiger partial charge in [0, 0.05) is 0 Å². The van der Waals surface area contributed by atoms with Crippen LogP contribution in [0.4, 0.5) is 13.2 Å². The third-order valence-electron chi connectivity index (χ3n) is 11.4. The van der Waals surface area contributed by atoms with Crippen molar-refractivity contribution in [3.63, 3.8) is 0 Å². The Hall–Kier alpha value is -0.550. The first-order chi connectivity index (χ1) is 15.2. The molecule has 2 N–H and O–H groups in total. The summed E-state index contributed by atoms with van der Waals surface area (Å²) >= 11 is 0. The van der Waals surface area contributed by atoms with E-state index in [1.165, 1.54) is 18.4 Å². The molecule has 0 aromatic heterocycles. The number of fused-ring (bicyclic) bond motifs is 5. The summed E-state index contributed by atoms with van der Waals surface area (Å²) < 4.78 is 39.5. The summed E-state index contributed by atoms with van der Waals surface area (Å²) in [6, 6.07) is 0. The van der Waals surface area contributed by atoms with E-state index in [2.05, 4.69) is 33.8 Å². The molecule has 0 bridgehead atoms. The molecule has 4 aliphatic carbocycles. The molecule has 0 unspecified atom stereocenters. The first-order valence-corrected chi connectivity index (χ1v) is 13.4. The molecule has 190 valence electrons. The van der Waals surface area contributed by atoms with E-state index < -0.39 is 17.4 Å². The van der Waals surface area contributed by atoms with Gasteiger partial charge in [0.05, 0.1) is 5.60 Å². The Morgan fingerprint density at radius 3 is 2.42 bits per heavy atom. The second-order valence-electron chi connectivity index (χ2n) is 13.0. The monoisotopic (exact) mass is 470 g/mol. The molecule has 0 spiro atoms. The Morgan fingerprint density at radius 2 is 1.79 bits per heavy atom. The molecule has 0 amide bonds. The molecule has 4 rings (SSSR count). The maximum Gasteiger partial charge on any atom is 0.416 e. The maximum atomic E-state index is 13.2. The minimum Gasteiger partial charge on any atom is -0.390 e. The number of hydrogen-bond acceptors (Lipinski definition) is 2. The van der Waals surface area contributed by atoms with Crippen LogP contribution in [0, 0.1) is 40.4 Å². The fraction of sp³-hybridized carbons (Fsp3) is 0.929. The fourth-order valence-electron chi connectivity index (χ4n) is 8.84. The lowest BCUT2D eigenvalue weighted by Crippen LogP contribution is -2.52. The molecule has 0 aliphatic heterocycles. The zero-order chi connectivity index (χ0) is 24.4. The first-order valence-electron chi connectivity index (χ1n) is 13.4. The molecule has 0 aromatic rings. The molecular weight excluding hydrogens is 425 g/mol. The zero-order valence-electron chi connectivity index (χ0n) is 21.3. The minimum absolute atomic E-state index is 0.185. The minimum atomic E-state index is -4.57. The number of aliphatic hydroxyl groups is 2. The molecule has 9 atom stereocenters. The van der Waals surface area contributed by atoms with Gasteiger partial charge in [0.15, 0.2) is 5.60 Å². The van der Waals surface area contributed by atoms with Gasteiger partial charge in [-0.2, -0.15) is 13.2 Å². The summed E-state index contributed by atoms with van der Waals surface area (Å²) in [5, 5.41) is 20.9. The van der Waals surface area contributed by atoms with Crippen molar-refractivity contribution in [3.05, 3.63) is 11.6 Å². The topological polar surface area (TPSA) is 40.5 Å². The highest BCUT2D eigenvalue weighted by molar-refractivity contribution is 5.27. The van der Waals surface area contributed by atoms with E-state index in [0.29, 0.717) is 30.1 Å². The van der Waals surface area contributed by atoms with Crippen molar-refractivity contribution in [1.82, 2.24) is 0 Å². The van der Waals surface area contributed by atoms with E-state index in [-0.39, 0.29) is 23.2 Å². The molecule has 2 nitrogen and oxygen atoms in total. The molecule has 5 heteroatoms. The van der Waals surface area contributed by atoms with Crippen LogP contribution in [0.2, 0.25) is 0 Å². The number of alkyl halides is 3. The van der Waals surface area contributed by atoms with E-state index in [0.717, 1.165) is 51.9 Å². The molecule has 0 heterocycles. The van der Waals surface area contributed by atoms with Gasteiger partial charge in [0.1, 0.15) is 0 Å². The van der Waals surface area contributed by atoms with Gasteiger partial charge in [0.2, 0.25) is 0 Å². The van der Waals surface area contributed by atoms with Crippen molar-refractivity contribution >= 4 is 0 Å². The van der Waals surface area contributed by atoms with Gasteiger partial charge in [0.25, 0.3) is 0 Å². The number of rotatable bonds is 5. The summed E-state index contributed by atoms with van der Waals surface area (Å²) in [4.78, 5) is 0. The molecule has 0 aromatic carbocycles.